The van der Waals surface area contributed by atoms with Gasteiger partial charge in [-0.15, -0.1) is 10.2 Å². The molecule has 0 N–H and O–H groups in total. The highest BCUT2D eigenvalue weighted by molar-refractivity contribution is 5.70. The zero-order chi connectivity index (χ0) is 30.7. The molecule has 0 spiro atoms. The van der Waals surface area contributed by atoms with Crippen LogP contribution in [0.5, 0.6) is 0 Å². The maximum absolute atomic E-state index is 6.03. The van der Waals surface area contributed by atoms with Gasteiger partial charge in [-0.05, 0) is 86.6 Å². The van der Waals surface area contributed by atoms with Crippen molar-refractivity contribution in [1.29, 1.82) is 0 Å². The first-order valence-corrected chi connectivity index (χ1v) is 15.0. The summed E-state index contributed by atoms with van der Waals surface area (Å²) < 4.78 is 13.6. The van der Waals surface area contributed by atoms with E-state index in [1.807, 2.05) is 84.9 Å². The fourth-order valence-corrected chi connectivity index (χ4v) is 5.43. The fraction of sp³-hybridized carbons (Fsp3) is 0. The summed E-state index contributed by atoms with van der Waals surface area (Å²) in [5, 5.41) is 13.3. The van der Waals surface area contributed by atoms with Gasteiger partial charge in [-0.2, -0.15) is 0 Å². The van der Waals surface area contributed by atoms with Gasteiger partial charge in [0.1, 0.15) is 0 Å². The van der Waals surface area contributed by atoms with Gasteiger partial charge in [0.05, 0.1) is 0 Å². The van der Waals surface area contributed by atoms with Crippen molar-refractivity contribution in [2.75, 3.05) is 0 Å². The Hall–Kier alpha value is -6.40. The molecule has 0 amide bonds. The minimum atomic E-state index is 0.483. The second-order valence-corrected chi connectivity index (χ2v) is 10.9. The summed E-state index contributed by atoms with van der Waals surface area (Å²) >= 11 is 0. The van der Waals surface area contributed by atoms with Crippen LogP contribution in [0.1, 0.15) is 0 Å². The molecule has 0 atom stereocenters. The van der Waals surface area contributed by atoms with E-state index in [0.29, 0.717) is 17.7 Å². The molecule has 0 radical (unpaired) electrons. The highest BCUT2D eigenvalue weighted by atomic mass is 16.4. The normalized spacial score (nSPS) is 11.0. The average molecular weight is 596 g/mol. The first-order valence-electron chi connectivity index (χ1n) is 15.0. The van der Waals surface area contributed by atoms with Crippen LogP contribution < -0.4 is 4.68 Å². The average Bonchev–Trinajstić information content (AvgIpc) is 3.84. The van der Waals surface area contributed by atoms with Gasteiger partial charge in [0.2, 0.25) is 17.5 Å². The van der Waals surface area contributed by atoms with Gasteiger partial charge in [-0.25, -0.2) is 0 Å². The molecule has 218 valence electrons. The lowest BCUT2D eigenvalue weighted by Crippen LogP contribution is -2.31. The maximum atomic E-state index is 6.03. The molecule has 2 aromatic heterocycles. The molecule has 6 nitrogen and oxygen atoms in total. The van der Waals surface area contributed by atoms with E-state index in [9.17, 15) is 0 Å². The maximum Gasteiger partial charge on any atom is 0.368 e. The van der Waals surface area contributed by atoms with E-state index in [0.717, 1.165) is 44.6 Å². The molecule has 6 aromatic carbocycles. The second-order valence-electron chi connectivity index (χ2n) is 10.9. The van der Waals surface area contributed by atoms with Crippen LogP contribution in [0.3, 0.4) is 0 Å². The van der Waals surface area contributed by atoms with Crippen LogP contribution in [-0.4, -0.2) is 15.3 Å². The Labute approximate surface area is 265 Å². The largest absolute Gasteiger partial charge is 0.416 e. The van der Waals surface area contributed by atoms with Crippen molar-refractivity contribution in [3.05, 3.63) is 164 Å². The summed E-state index contributed by atoms with van der Waals surface area (Å²) in [5.74, 6) is 1.54. The smallest absolute Gasteiger partial charge is 0.368 e. The third-order valence-corrected chi connectivity index (χ3v) is 7.96. The zero-order valence-electron chi connectivity index (χ0n) is 24.7. The SMILES string of the molecule is c1ccc(-c2ccc(-c3n[n+](-c4ccc(-c5ccc(-c6nnc(-c7ccc(-c8ccccc8)cc7)o6)cc5)cc4)co3)cc2)cc1. The van der Waals surface area contributed by atoms with E-state index in [4.69, 9.17) is 8.83 Å². The lowest BCUT2D eigenvalue weighted by molar-refractivity contribution is -0.659. The van der Waals surface area contributed by atoms with Gasteiger partial charge < -0.3 is 8.83 Å². The number of hydrogen-bond donors (Lipinski definition) is 0. The first-order chi connectivity index (χ1) is 22.8. The Kier molecular flexibility index (Phi) is 7.05. The molecule has 0 bridgehead atoms. The summed E-state index contributed by atoms with van der Waals surface area (Å²) in [4.78, 5) is 0. The third kappa shape index (κ3) is 5.51. The molecule has 2 heterocycles. The lowest BCUT2D eigenvalue weighted by atomic mass is 10.0. The predicted molar refractivity (Wildman–Crippen MR) is 179 cm³/mol. The Morgan fingerprint density at radius 3 is 1.13 bits per heavy atom. The Morgan fingerprint density at radius 2 is 0.696 bits per heavy atom. The fourth-order valence-electron chi connectivity index (χ4n) is 5.43. The van der Waals surface area contributed by atoms with Crippen LogP contribution in [0.25, 0.3) is 73.4 Å². The summed E-state index contributed by atoms with van der Waals surface area (Å²) in [6, 6.07) is 53.3. The Morgan fingerprint density at radius 1 is 0.348 bits per heavy atom. The molecule has 0 aliphatic rings. The van der Waals surface area contributed by atoms with Crippen molar-refractivity contribution >= 4 is 0 Å². The van der Waals surface area contributed by atoms with Crippen molar-refractivity contribution in [1.82, 2.24) is 15.3 Å². The molecule has 0 unspecified atom stereocenters. The van der Waals surface area contributed by atoms with Crippen molar-refractivity contribution in [2.45, 2.75) is 0 Å². The van der Waals surface area contributed by atoms with Crippen LogP contribution in [0, 0.1) is 0 Å². The van der Waals surface area contributed by atoms with Crippen molar-refractivity contribution in [3.8, 4) is 73.4 Å². The molecular weight excluding hydrogens is 568 g/mol. The quantitative estimate of drug-likeness (QED) is 0.172. The van der Waals surface area contributed by atoms with E-state index in [2.05, 4.69) is 88.1 Å². The lowest BCUT2D eigenvalue weighted by Gasteiger charge is -2.03. The minimum Gasteiger partial charge on any atom is -0.416 e. The molecule has 6 heteroatoms. The molecule has 0 aliphatic carbocycles. The van der Waals surface area contributed by atoms with Gasteiger partial charge >= 0.3 is 6.39 Å². The van der Waals surface area contributed by atoms with E-state index in [1.54, 1.807) is 11.1 Å². The Balaban J connectivity index is 0.943. The second kappa shape index (κ2) is 11.9. The number of rotatable bonds is 7. The van der Waals surface area contributed by atoms with Gasteiger partial charge in [-0.3, -0.25) is 0 Å². The van der Waals surface area contributed by atoms with Gasteiger partial charge in [0.15, 0.2) is 0 Å². The third-order valence-electron chi connectivity index (χ3n) is 7.96. The van der Waals surface area contributed by atoms with Crippen molar-refractivity contribution in [3.63, 3.8) is 0 Å². The summed E-state index contributed by atoms with van der Waals surface area (Å²) in [7, 11) is 0. The summed E-state index contributed by atoms with van der Waals surface area (Å²) in [5.41, 5.74) is 10.4. The molecule has 0 aliphatic heterocycles. The van der Waals surface area contributed by atoms with Gasteiger partial charge in [0.25, 0.3) is 5.89 Å². The summed E-state index contributed by atoms with van der Waals surface area (Å²) in [6.45, 7) is 0. The first kappa shape index (κ1) is 27.2. The van der Waals surface area contributed by atoms with Crippen LogP contribution >= 0.6 is 0 Å². The minimum absolute atomic E-state index is 0.483. The van der Waals surface area contributed by atoms with E-state index in [1.165, 1.54) is 11.1 Å². The number of benzene rings is 6. The monoisotopic (exact) mass is 595 g/mol. The van der Waals surface area contributed by atoms with Crippen molar-refractivity contribution < 1.29 is 13.5 Å². The summed E-state index contributed by atoms with van der Waals surface area (Å²) in [6.07, 6.45) is 1.63. The number of aromatic nitrogens is 4. The zero-order valence-corrected chi connectivity index (χ0v) is 24.7. The molecule has 46 heavy (non-hydrogen) atoms. The standard InChI is InChI=1S/C40H27N4O2/c1-3-7-28(8-4-1)30-11-17-34(18-12-30)38-41-42-39(46-38)35-19-13-32(14-20-35)33-23-25-37(26-24-33)44-27-45-40(43-44)36-21-15-31(16-22-36)29-9-5-2-6-10-29/h1-27H/q+1. The molecule has 0 fully saturated rings. The Bertz CT molecular complexity index is 2040. The predicted octanol–water partition coefficient (Wildman–Crippen LogP) is 9.34. The number of hydrogen-bond acceptors (Lipinski definition) is 5. The van der Waals surface area contributed by atoms with Crippen LogP contribution in [0.4, 0.5) is 0 Å². The van der Waals surface area contributed by atoms with E-state index < -0.39 is 0 Å². The van der Waals surface area contributed by atoms with Crippen LogP contribution in [0.2, 0.25) is 0 Å². The molecular formula is C40H27N4O2+. The molecule has 8 rings (SSSR count). The molecule has 8 aromatic rings. The van der Waals surface area contributed by atoms with Crippen LogP contribution in [0.15, 0.2) is 173 Å². The van der Waals surface area contributed by atoms with Crippen LogP contribution in [-0.2, 0) is 0 Å². The van der Waals surface area contributed by atoms with E-state index >= 15 is 0 Å². The van der Waals surface area contributed by atoms with Gasteiger partial charge in [-0.1, -0.05) is 97.1 Å². The highest BCUT2D eigenvalue weighted by Crippen LogP contribution is 2.29. The molecule has 0 saturated carbocycles. The highest BCUT2D eigenvalue weighted by Gasteiger charge is 2.17. The van der Waals surface area contributed by atoms with E-state index in [-0.39, 0.29) is 0 Å². The number of nitrogens with zero attached hydrogens (tertiary/aromatic N) is 4. The van der Waals surface area contributed by atoms with Crippen molar-refractivity contribution in [2.24, 2.45) is 0 Å². The van der Waals surface area contributed by atoms with Gasteiger partial charge in [0, 0.05) is 33.9 Å². The topological polar surface area (TPSA) is 68.8 Å². The molecule has 0 saturated heterocycles.